The minimum absolute atomic E-state index is 0.631. The molecule has 0 radical (unpaired) electrons. The molecule has 1 saturated carbocycles. The van der Waals surface area contributed by atoms with E-state index in [2.05, 4.69) is 22.1 Å². The van der Waals surface area contributed by atoms with Crippen LogP contribution in [0.5, 0.6) is 0 Å². The maximum absolute atomic E-state index is 5.56. The van der Waals surface area contributed by atoms with E-state index in [0.29, 0.717) is 6.04 Å². The van der Waals surface area contributed by atoms with Crippen molar-refractivity contribution in [2.24, 2.45) is 0 Å². The summed E-state index contributed by atoms with van der Waals surface area (Å²) in [7, 11) is 1.92. The van der Waals surface area contributed by atoms with Crippen LogP contribution in [0.15, 0.2) is 10.7 Å². The normalized spacial score (nSPS) is 16.9. The van der Waals surface area contributed by atoms with Gasteiger partial charge in [-0.2, -0.15) is 4.98 Å². The third-order valence-electron chi connectivity index (χ3n) is 3.25. The third-order valence-corrected chi connectivity index (χ3v) is 3.25. The molecule has 1 N–H and O–H groups in total. The summed E-state index contributed by atoms with van der Waals surface area (Å²) in [4.78, 5) is 6.81. The van der Waals surface area contributed by atoms with Crippen molar-refractivity contribution in [1.29, 1.82) is 0 Å². The maximum Gasteiger partial charge on any atom is 0.297 e. The van der Waals surface area contributed by atoms with E-state index in [9.17, 15) is 0 Å². The van der Waals surface area contributed by atoms with Crippen LogP contribution in [0.3, 0.4) is 0 Å². The summed E-state index contributed by atoms with van der Waals surface area (Å²) in [6.45, 7) is 3.91. The maximum atomic E-state index is 5.56. The fraction of sp³-hybridized carbons (Fsp3) is 0.750. The summed E-state index contributed by atoms with van der Waals surface area (Å²) < 4.78 is 5.56. The lowest BCUT2D eigenvalue weighted by molar-refractivity contribution is 0.497. The Morgan fingerprint density at radius 2 is 2.25 bits per heavy atom. The van der Waals surface area contributed by atoms with Gasteiger partial charge in [0.05, 0.1) is 5.69 Å². The first-order valence-electron chi connectivity index (χ1n) is 6.20. The molecule has 0 bridgehead atoms. The van der Waals surface area contributed by atoms with E-state index in [1.54, 1.807) is 6.26 Å². The predicted octanol–water partition coefficient (Wildman–Crippen LogP) is 2.16. The smallest absolute Gasteiger partial charge is 0.297 e. The van der Waals surface area contributed by atoms with Gasteiger partial charge in [0.1, 0.15) is 6.26 Å². The van der Waals surface area contributed by atoms with Gasteiger partial charge in [0.15, 0.2) is 0 Å². The molecule has 0 amide bonds. The molecule has 0 saturated heterocycles. The van der Waals surface area contributed by atoms with Gasteiger partial charge in [0.2, 0.25) is 0 Å². The molecule has 0 aliphatic heterocycles. The van der Waals surface area contributed by atoms with Crippen molar-refractivity contribution in [3.63, 3.8) is 0 Å². The summed E-state index contributed by atoms with van der Waals surface area (Å²) in [5, 5.41) is 3.08. The van der Waals surface area contributed by atoms with E-state index in [1.165, 1.54) is 25.7 Å². The number of aromatic nitrogens is 1. The van der Waals surface area contributed by atoms with Crippen LogP contribution in [-0.2, 0) is 6.54 Å². The Morgan fingerprint density at radius 3 is 2.88 bits per heavy atom. The van der Waals surface area contributed by atoms with Crippen LogP contribution in [0.2, 0.25) is 0 Å². The van der Waals surface area contributed by atoms with Crippen molar-refractivity contribution in [3.8, 4) is 0 Å². The van der Waals surface area contributed by atoms with Gasteiger partial charge in [-0.3, -0.25) is 0 Å². The average Bonchev–Trinajstić information content (AvgIpc) is 2.92. The Kier molecular flexibility index (Phi) is 3.83. The van der Waals surface area contributed by atoms with Crippen LogP contribution in [0.1, 0.15) is 38.3 Å². The second kappa shape index (κ2) is 5.34. The zero-order valence-electron chi connectivity index (χ0n) is 10.2. The Labute approximate surface area is 97.0 Å². The molecular formula is C12H21N3O. The number of nitrogens with one attached hydrogen (secondary N) is 1. The largest absolute Gasteiger partial charge is 0.432 e. The standard InChI is InChI=1S/C12H21N3O/c1-3-15(11-6-4-5-7-11)12-14-10(8-13-2)9-16-12/h9,11,13H,3-8H2,1-2H3. The summed E-state index contributed by atoms with van der Waals surface area (Å²) in [5.41, 5.74) is 0.981. The van der Waals surface area contributed by atoms with Crippen molar-refractivity contribution in [1.82, 2.24) is 10.3 Å². The number of rotatable bonds is 5. The van der Waals surface area contributed by atoms with Gasteiger partial charge in [0, 0.05) is 19.1 Å². The molecule has 0 unspecified atom stereocenters. The lowest BCUT2D eigenvalue weighted by Crippen LogP contribution is -2.33. The minimum atomic E-state index is 0.631. The third kappa shape index (κ3) is 2.38. The summed E-state index contributed by atoms with van der Waals surface area (Å²) >= 11 is 0. The van der Waals surface area contributed by atoms with Crippen molar-refractivity contribution in [2.45, 2.75) is 45.2 Å². The number of hydrogen-bond donors (Lipinski definition) is 1. The van der Waals surface area contributed by atoms with E-state index in [1.807, 2.05) is 7.05 Å². The van der Waals surface area contributed by atoms with Gasteiger partial charge in [0.25, 0.3) is 6.01 Å². The van der Waals surface area contributed by atoms with Crippen molar-refractivity contribution < 1.29 is 4.42 Å². The summed E-state index contributed by atoms with van der Waals surface area (Å²) in [6, 6.07) is 1.42. The summed E-state index contributed by atoms with van der Waals surface area (Å²) in [6.07, 6.45) is 6.98. The molecule has 1 aromatic rings. The van der Waals surface area contributed by atoms with Crippen molar-refractivity contribution >= 4 is 6.01 Å². The number of oxazole rings is 1. The van der Waals surface area contributed by atoms with Gasteiger partial charge >= 0.3 is 0 Å². The fourth-order valence-corrected chi connectivity index (χ4v) is 2.46. The predicted molar refractivity (Wildman–Crippen MR) is 64.5 cm³/mol. The average molecular weight is 223 g/mol. The Morgan fingerprint density at radius 1 is 1.50 bits per heavy atom. The summed E-state index contributed by atoms with van der Waals surface area (Å²) in [5.74, 6) is 0. The first-order chi connectivity index (χ1) is 7.85. The molecule has 90 valence electrons. The molecule has 16 heavy (non-hydrogen) atoms. The molecule has 0 spiro atoms. The quantitative estimate of drug-likeness (QED) is 0.830. The van der Waals surface area contributed by atoms with Crippen LogP contribution in [-0.4, -0.2) is 24.6 Å². The molecule has 2 rings (SSSR count). The van der Waals surface area contributed by atoms with Gasteiger partial charge in [-0.25, -0.2) is 0 Å². The van der Waals surface area contributed by atoms with E-state index >= 15 is 0 Å². The lowest BCUT2D eigenvalue weighted by Gasteiger charge is -2.25. The zero-order chi connectivity index (χ0) is 11.4. The van der Waals surface area contributed by atoms with Crippen LogP contribution in [0.4, 0.5) is 6.01 Å². The van der Waals surface area contributed by atoms with Crippen molar-refractivity contribution in [3.05, 3.63) is 12.0 Å². The molecule has 1 fully saturated rings. The molecule has 0 aromatic carbocycles. The number of hydrogen-bond acceptors (Lipinski definition) is 4. The number of anilines is 1. The number of nitrogens with zero attached hydrogens (tertiary/aromatic N) is 2. The first-order valence-corrected chi connectivity index (χ1v) is 6.20. The highest BCUT2D eigenvalue weighted by atomic mass is 16.4. The van der Waals surface area contributed by atoms with Crippen LogP contribution in [0, 0.1) is 0 Å². The molecule has 0 atom stereocenters. The Balaban J connectivity index is 2.06. The van der Waals surface area contributed by atoms with Crippen LogP contribution in [0.25, 0.3) is 0 Å². The monoisotopic (exact) mass is 223 g/mol. The highest BCUT2D eigenvalue weighted by Crippen LogP contribution is 2.27. The van der Waals surface area contributed by atoms with Crippen LogP contribution >= 0.6 is 0 Å². The molecule has 1 aliphatic rings. The minimum Gasteiger partial charge on any atom is -0.432 e. The second-order valence-electron chi connectivity index (χ2n) is 4.38. The molecular weight excluding hydrogens is 202 g/mol. The highest BCUT2D eigenvalue weighted by molar-refractivity contribution is 5.29. The topological polar surface area (TPSA) is 41.3 Å². The van der Waals surface area contributed by atoms with Crippen molar-refractivity contribution in [2.75, 3.05) is 18.5 Å². The van der Waals surface area contributed by atoms with E-state index in [4.69, 9.17) is 4.42 Å². The molecule has 4 nitrogen and oxygen atoms in total. The van der Waals surface area contributed by atoms with E-state index in [0.717, 1.165) is 24.8 Å². The lowest BCUT2D eigenvalue weighted by atomic mass is 10.2. The molecule has 1 aliphatic carbocycles. The SMILES string of the molecule is CCN(c1nc(CNC)co1)C1CCCC1. The first kappa shape index (κ1) is 11.5. The Bertz CT molecular complexity index is 318. The fourth-order valence-electron chi connectivity index (χ4n) is 2.46. The molecule has 1 aromatic heterocycles. The van der Waals surface area contributed by atoms with Gasteiger partial charge in [-0.1, -0.05) is 12.8 Å². The van der Waals surface area contributed by atoms with Crippen LogP contribution < -0.4 is 10.2 Å². The Hall–Kier alpha value is -1.03. The molecule has 4 heteroatoms. The van der Waals surface area contributed by atoms with Gasteiger partial charge in [-0.05, 0) is 26.8 Å². The van der Waals surface area contributed by atoms with Gasteiger partial charge < -0.3 is 14.6 Å². The van der Waals surface area contributed by atoms with E-state index < -0.39 is 0 Å². The van der Waals surface area contributed by atoms with E-state index in [-0.39, 0.29) is 0 Å². The molecule has 1 heterocycles. The second-order valence-corrected chi connectivity index (χ2v) is 4.38. The van der Waals surface area contributed by atoms with Gasteiger partial charge in [-0.15, -0.1) is 0 Å². The highest BCUT2D eigenvalue weighted by Gasteiger charge is 2.24. The zero-order valence-corrected chi connectivity index (χ0v) is 10.2.